The van der Waals surface area contributed by atoms with Crippen molar-refractivity contribution in [3.63, 3.8) is 0 Å². The van der Waals surface area contributed by atoms with Crippen molar-refractivity contribution >= 4 is 5.97 Å². The Morgan fingerprint density at radius 2 is 2.07 bits per heavy atom. The molecule has 0 aromatic heterocycles. The first-order valence-electron chi connectivity index (χ1n) is 4.19. The number of aliphatic hydroxyl groups excluding tert-OH is 1. The van der Waals surface area contributed by atoms with Gasteiger partial charge in [0.25, 0.3) is 0 Å². The summed E-state index contributed by atoms with van der Waals surface area (Å²) in [5.74, 6) is -3.01. The van der Waals surface area contributed by atoms with Crippen LogP contribution in [-0.4, -0.2) is 18.2 Å². The summed E-state index contributed by atoms with van der Waals surface area (Å²) in [4.78, 5) is 10.9. The molecule has 0 fully saturated rings. The highest BCUT2D eigenvalue weighted by atomic mass is 19.1. The van der Waals surface area contributed by atoms with Gasteiger partial charge in [0.1, 0.15) is 11.6 Å². The van der Waals surface area contributed by atoms with E-state index in [4.69, 9.17) is 0 Å². The van der Waals surface area contributed by atoms with Crippen LogP contribution in [-0.2, 0) is 9.53 Å². The number of methoxy groups -OCH3 is 1. The minimum Gasteiger partial charge on any atom is -0.467 e. The number of rotatable bonds is 2. The number of esters is 1. The Morgan fingerprint density at radius 3 is 2.60 bits per heavy atom. The van der Waals surface area contributed by atoms with Crippen molar-refractivity contribution in [3.8, 4) is 0 Å². The molecule has 0 saturated carbocycles. The highest BCUT2D eigenvalue weighted by Gasteiger charge is 2.26. The number of carbonyl (C=O) groups is 1. The zero-order valence-electron chi connectivity index (χ0n) is 8.25. The quantitative estimate of drug-likeness (QED) is 0.761. The second kappa shape index (κ2) is 4.35. The minimum absolute atomic E-state index is 0.148. The summed E-state index contributed by atoms with van der Waals surface area (Å²) < 4.78 is 30.8. The number of carbonyl (C=O) groups excluding carboxylic acids is 1. The van der Waals surface area contributed by atoms with Gasteiger partial charge in [-0.25, -0.2) is 13.6 Å². The molecule has 0 aliphatic rings. The summed E-state index contributed by atoms with van der Waals surface area (Å²) in [6.07, 6.45) is -1.94. The van der Waals surface area contributed by atoms with Crippen LogP contribution in [0.2, 0.25) is 0 Å². The molecule has 1 unspecified atom stereocenters. The molecule has 0 heterocycles. The van der Waals surface area contributed by atoms with Crippen molar-refractivity contribution in [2.75, 3.05) is 7.11 Å². The van der Waals surface area contributed by atoms with E-state index in [1.807, 2.05) is 0 Å². The largest absolute Gasteiger partial charge is 0.467 e. The number of hydrogen-bond donors (Lipinski definition) is 1. The van der Waals surface area contributed by atoms with Gasteiger partial charge in [0, 0.05) is 0 Å². The standard InChI is InChI=1S/C10H10F2O3/c1-5-3-4-6(11)7(8(5)12)9(13)10(14)15-2/h3-4,9,13H,1-2H3. The van der Waals surface area contributed by atoms with E-state index in [1.54, 1.807) is 0 Å². The van der Waals surface area contributed by atoms with Crippen LogP contribution < -0.4 is 0 Å². The average Bonchev–Trinajstić information content (AvgIpc) is 2.22. The second-order valence-corrected chi connectivity index (χ2v) is 3.02. The Kier molecular flexibility index (Phi) is 3.36. The maximum atomic E-state index is 13.4. The van der Waals surface area contributed by atoms with E-state index < -0.39 is 29.3 Å². The molecule has 0 aliphatic heterocycles. The number of benzene rings is 1. The minimum atomic E-state index is -1.94. The van der Waals surface area contributed by atoms with E-state index in [-0.39, 0.29) is 5.56 Å². The predicted molar refractivity (Wildman–Crippen MR) is 48.1 cm³/mol. The molecule has 82 valence electrons. The molecule has 0 spiro atoms. The lowest BCUT2D eigenvalue weighted by Gasteiger charge is -2.11. The summed E-state index contributed by atoms with van der Waals surface area (Å²) >= 11 is 0. The molecule has 1 atom stereocenters. The smallest absolute Gasteiger partial charge is 0.339 e. The molecule has 5 heteroatoms. The number of ether oxygens (including phenoxy) is 1. The molecule has 15 heavy (non-hydrogen) atoms. The molecule has 0 aliphatic carbocycles. The number of aryl methyl sites for hydroxylation is 1. The van der Waals surface area contributed by atoms with Crippen molar-refractivity contribution in [2.24, 2.45) is 0 Å². The molecular weight excluding hydrogens is 206 g/mol. The fourth-order valence-electron chi connectivity index (χ4n) is 1.16. The van der Waals surface area contributed by atoms with E-state index in [2.05, 4.69) is 4.74 Å². The van der Waals surface area contributed by atoms with Crippen LogP contribution in [0.15, 0.2) is 12.1 Å². The van der Waals surface area contributed by atoms with Crippen LogP contribution in [0, 0.1) is 18.6 Å². The van der Waals surface area contributed by atoms with Gasteiger partial charge in [-0.3, -0.25) is 0 Å². The lowest BCUT2D eigenvalue weighted by Crippen LogP contribution is -2.17. The molecule has 3 nitrogen and oxygen atoms in total. The van der Waals surface area contributed by atoms with Crippen molar-refractivity contribution < 1.29 is 23.4 Å². The van der Waals surface area contributed by atoms with E-state index in [0.29, 0.717) is 0 Å². The summed E-state index contributed by atoms with van der Waals surface area (Å²) in [6, 6.07) is 2.21. The van der Waals surface area contributed by atoms with E-state index >= 15 is 0 Å². The highest BCUT2D eigenvalue weighted by molar-refractivity contribution is 5.76. The van der Waals surface area contributed by atoms with Gasteiger partial charge in [0.05, 0.1) is 12.7 Å². The van der Waals surface area contributed by atoms with Gasteiger partial charge in [-0.1, -0.05) is 6.07 Å². The molecule has 0 bridgehead atoms. The fourth-order valence-corrected chi connectivity index (χ4v) is 1.16. The van der Waals surface area contributed by atoms with Gasteiger partial charge in [0.2, 0.25) is 0 Å². The molecule has 1 aromatic rings. The number of halogens is 2. The van der Waals surface area contributed by atoms with Crippen molar-refractivity contribution in [1.82, 2.24) is 0 Å². The lowest BCUT2D eigenvalue weighted by molar-refractivity contribution is -0.151. The van der Waals surface area contributed by atoms with Crippen LogP contribution >= 0.6 is 0 Å². The normalized spacial score (nSPS) is 12.3. The van der Waals surface area contributed by atoms with Crippen LogP contribution in [0.5, 0.6) is 0 Å². The Morgan fingerprint density at radius 1 is 1.47 bits per heavy atom. The second-order valence-electron chi connectivity index (χ2n) is 3.02. The third-order valence-corrected chi connectivity index (χ3v) is 2.02. The molecule has 1 aromatic carbocycles. The first kappa shape index (κ1) is 11.6. The van der Waals surface area contributed by atoms with Gasteiger partial charge in [-0.15, -0.1) is 0 Å². The third-order valence-electron chi connectivity index (χ3n) is 2.02. The zero-order valence-corrected chi connectivity index (χ0v) is 8.25. The summed E-state index contributed by atoms with van der Waals surface area (Å²) in [7, 11) is 1.02. The van der Waals surface area contributed by atoms with Gasteiger partial charge < -0.3 is 9.84 Å². The molecule has 0 amide bonds. The van der Waals surface area contributed by atoms with Gasteiger partial charge >= 0.3 is 5.97 Å². The zero-order chi connectivity index (χ0) is 11.6. The molecule has 0 radical (unpaired) electrons. The molecule has 1 N–H and O–H groups in total. The van der Waals surface area contributed by atoms with E-state index in [0.717, 1.165) is 13.2 Å². The monoisotopic (exact) mass is 216 g/mol. The van der Waals surface area contributed by atoms with Gasteiger partial charge in [-0.05, 0) is 18.6 Å². The topological polar surface area (TPSA) is 46.5 Å². The first-order chi connectivity index (χ1) is 6.99. The first-order valence-corrected chi connectivity index (χ1v) is 4.19. The Hall–Kier alpha value is -1.49. The lowest BCUT2D eigenvalue weighted by atomic mass is 10.0. The SMILES string of the molecule is COC(=O)C(O)c1c(F)ccc(C)c1F. The molecule has 0 saturated heterocycles. The molecular formula is C10H10F2O3. The van der Waals surface area contributed by atoms with Crippen LogP contribution in [0.3, 0.4) is 0 Å². The van der Waals surface area contributed by atoms with Crippen molar-refractivity contribution in [1.29, 1.82) is 0 Å². The maximum Gasteiger partial charge on any atom is 0.339 e. The predicted octanol–water partition coefficient (Wildman–Crippen LogP) is 1.48. The Balaban J connectivity index is 3.24. The Labute approximate surface area is 85.3 Å². The van der Waals surface area contributed by atoms with Crippen LogP contribution in [0.25, 0.3) is 0 Å². The Bertz CT molecular complexity index is 390. The number of hydrogen-bond acceptors (Lipinski definition) is 3. The van der Waals surface area contributed by atoms with Gasteiger partial charge in [-0.2, -0.15) is 0 Å². The van der Waals surface area contributed by atoms with E-state index in [1.165, 1.54) is 13.0 Å². The molecule has 1 rings (SSSR count). The highest BCUT2D eigenvalue weighted by Crippen LogP contribution is 2.23. The van der Waals surface area contributed by atoms with Crippen molar-refractivity contribution in [3.05, 3.63) is 34.9 Å². The fraction of sp³-hybridized carbons (Fsp3) is 0.300. The van der Waals surface area contributed by atoms with Crippen LogP contribution in [0.1, 0.15) is 17.2 Å². The summed E-state index contributed by atoms with van der Waals surface area (Å²) in [5.41, 5.74) is -0.531. The van der Waals surface area contributed by atoms with Crippen molar-refractivity contribution in [2.45, 2.75) is 13.0 Å². The van der Waals surface area contributed by atoms with Gasteiger partial charge in [0.15, 0.2) is 6.10 Å². The average molecular weight is 216 g/mol. The third kappa shape index (κ3) is 2.12. The van der Waals surface area contributed by atoms with Crippen LogP contribution in [0.4, 0.5) is 8.78 Å². The summed E-state index contributed by atoms with van der Waals surface area (Å²) in [5, 5.41) is 9.32. The maximum absolute atomic E-state index is 13.4. The van der Waals surface area contributed by atoms with E-state index in [9.17, 15) is 18.7 Å². The number of aliphatic hydroxyl groups is 1. The summed E-state index contributed by atoms with van der Waals surface area (Å²) in [6.45, 7) is 1.41.